The van der Waals surface area contributed by atoms with Crippen LogP contribution < -0.4 is 0 Å². The van der Waals surface area contributed by atoms with E-state index < -0.39 is 0 Å². The highest BCUT2D eigenvalue weighted by molar-refractivity contribution is 7.43. The molecule has 16 heavy (non-hydrogen) atoms. The van der Waals surface area contributed by atoms with Crippen LogP contribution in [0.1, 0.15) is 0 Å². The van der Waals surface area contributed by atoms with Crippen molar-refractivity contribution in [1.82, 2.24) is 18.0 Å². The van der Waals surface area contributed by atoms with Crippen LogP contribution in [0.2, 0.25) is 0 Å². The molecule has 0 aliphatic heterocycles. The Hall–Kier alpha value is 2.72. The Labute approximate surface area is 150 Å². The van der Waals surface area contributed by atoms with E-state index >= 15 is 0 Å². The Bertz CT molecular complexity index is 129. The lowest BCUT2D eigenvalue weighted by Gasteiger charge is -1.76. The molecule has 0 fully saturated rings. The molecule has 0 bridgehead atoms. The average molecular weight is 478 g/mol. The zero-order valence-electron chi connectivity index (χ0n) is 7.16. The van der Waals surface area contributed by atoms with Gasteiger partial charge in [-0.3, -0.25) is 0 Å². The van der Waals surface area contributed by atoms with Gasteiger partial charge in [0.15, 0.2) is 0 Å². The molecule has 1 aromatic heterocycles. The largest absolute Gasteiger partial charge is 0.314 e. The molecule has 3 atom stereocenters. The van der Waals surface area contributed by atoms with E-state index in [2.05, 4.69) is 18.0 Å². The monoisotopic (exact) mass is 474 g/mol. The van der Waals surface area contributed by atoms with E-state index in [-0.39, 0.29) is 99.3 Å². The van der Waals surface area contributed by atoms with Crippen molar-refractivity contribution in [1.29, 1.82) is 0 Å². The summed E-state index contributed by atoms with van der Waals surface area (Å²) in [5.74, 6) is 0. The Morgan fingerprint density at radius 3 is 1.69 bits per heavy atom. The predicted octanol–water partition coefficient (Wildman–Crippen LogP) is 5.36. The van der Waals surface area contributed by atoms with Crippen LogP contribution in [0.15, 0.2) is 0 Å². The fourth-order valence-corrected chi connectivity index (χ4v) is 3.93. The lowest BCUT2D eigenvalue weighted by Crippen LogP contribution is -1.47. The van der Waals surface area contributed by atoms with Crippen molar-refractivity contribution in [3.05, 3.63) is 0 Å². The summed E-state index contributed by atoms with van der Waals surface area (Å²) in [5.41, 5.74) is 0. The molecule has 0 saturated heterocycles. The topological polar surface area (TPSA) is 60.3 Å². The number of hydrogen-bond acceptors (Lipinski definition) is 1. The summed E-state index contributed by atoms with van der Waals surface area (Å²) in [5, 5.41) is 0. The van der Waals surface area contributed by atoms with Crippen LogP contribution in [0.5, 0.6) is 0 Å². The molecule has 0 aromatic carbocycles. The molecular weight excluding hydrogens is 464 g/mol. The molecule has 0 spiro atoms. The number of nitrogens with one attached hydrogen (secondary N) is 3. The van der Waals surface area contributed by atoms with E-state index in [1.165, 1.54) is 0 Å². The van der Waals surface area contributed by atoms with Gasteiger partial charge >= 0.3 is 0 Å². The van der Waals surface area contributed by atoms with Gasteiger partial charge in [0.25, 0.3) is 0 Å². The van der Waals surface area contributed by atoms with E-state index in [4.69, 9.17) is 0 Å². The number of rotatable bonds is 0. The maximum Gasteiger partial charge on any atom is 0.138 e. The van der Waals surface area contributed by atoms with Crippen molar-refractivity contribution < 1.29 is 0 Å². The zero-order chi connectivity index (χ0) is 5.66. The second kappa shape index (κ2) is 43.1. The number of aromatic amines is 3. The summed E-state index contributed by atoms with van der Waals surface area (Å²) in [7, 11) is 2.83. The van der Waals surface area contributed by atoms with Crippen LogP contribution in [-0.2, 0) is 0 Å². The standard InChI is InChI=1S/8ClH.H6N4P4/c;;;;;;;;1-5-2-7-4-8-3-6-1/h8*1H;1-2,5-7H,(H,3,4). The van der Waals surface area contributed by atoms with Gasteiger partial charge in [-0.25, -0.2) is 0 Å². The third kappa shape index (κ3) is 36.0. The molecular formula is H14Cl8N4P4. The van der Waals surface area contributed by atoms with Gasteiger partial charge in [-0.1, -0.05) is 0 Å². The quantitative estimate of drug-likeness (QED) is 0.463. The van der Waals surface area contributed by atoms with Gasteiger partial charge < -0.3 is 13.5 Å². The summed E-state index contributed by atoms with van der Waals surface area (Å²) < 4.78 is 13.5. The second-order valence-corrected chi connectivity index (χ2v) is 5.54. The molecule has 0 amide bonds. The molecule has 0 aliphatic carbocycles. The SMILES string of the molecule is Cl.Cl.Cl.Cl.Cl.Cl.Cl.Cl.n1p[nH][pH][nH][pH][nH][pH]1. The van der Waals surface area contributed by atoms with Gasteiger partial charge in [0.1, 0.15) is 8.51 Å². The third-order valence-corrected chi connectivity index (χ3v) is 4.04. The second-order valence-electron chi connectivity index (χ2n) is 0.924. The van der Waals surface area contributed by atoms with Crippen molar-refractivity contribution in [3.8, 4) is 0 Å². The molecule has 1 heterocycles. The van der Waals surface area contributed by atoms with Crippen molar-refractivity contribution in [2.75, 3.05) is 0 Å². The van der Waals surface area contributed by atoms with E-state index in [1.54, 1.807) is 0 Å². The van der Waals surface area contributed by atoms with E-state index in [1.807, 2.05) is 0 Å². The van der Waals surface area contributed by atoms with Gasteiger partial charge in [-0.05, 0) is 0 Å². The van der Waals surface area contributed by atoms with Crippen LogP contribution >= 0.6 is 133 Å². The van der Waals surface area contributed by atoms with Gasteiger partial charge in [-0.2, -0.15) is 4.51 Å². The van der Waals surface area contributed by atoms with Crippen molar-refractivity contribution in [2.24, 2.45) is 0 Å². The Kier molecular flexibility index (Phi) is 138. The summed E-state index contributed by atoms with van der Waals surface area (Å²) in [4.78, 5) is 0. The van der Waals surface area contributed by atoms with Gasteiger partial charge in [0.2, 0.25) is 0 Å². The minimum atomic E-state index is 0. The highest BCUT2D eigenvalue weighted by Gasteiger charge is 1.54. The third-order valence-electron chi connectivity index (χ3n) is 0.449. The summed E-state index contributed by atoms with van der Waals surface area (Å²) >= 11 is 0. The molecule has 1 aromatic rings. The lowest BCUT2D eigenvalue weighted by atomic mass is 13.9. The predicted molar refractivity (Wildman–Crippen MR) is 102 cm³/mol. The molecule has 16 heteroatoms. The summed E-state index contributed by atoms with van der Waals surface area (Å²) in [6.45, 7) is 0. The molecule has 3 unspecified atom stereocenters. The highest BCUT2D eigenvalue weighted by atomic mass is 35.5. The van der Waals surface area contributed by atoms with Crippen LogP contribution in [-0.4, -0.2) is 18.0 Å². The lowest BCUT2D eigenvalue weighted by molar-refractivity contribution is 1.69. The van der Waals surface area contributed by atoms with Gasteiger partial charge in [0.05, 0.1) is 0 Å². The van der Waals surface area contributed by atoms with E-state index in [9.17, 15) is 0 Å². The molecule has 3 N–H and O–H groups in total. The first kappa shape index (κ1) is 51.1. The summed E-state index contributed by atoms with van der Waals surface area (Å²) in [6.07, 6.45) is 0. The van der Waals surface area contributed by atoms with E-state index in [0.29, 0.717) is 25.5 Å². The smallest absolute Gasteiger partial charge is 0.138 e. The van der Waals surface area contributed by atoms with Crippen molar-refractivity contribution >= 4 is 133 Å². The van der Waals surface area contributed by atoms with Crippen LogP contribution in [0.3, 0.4) is 0 Å². The summed E-state index contributed by atoms with van der Waals surface area (Å²) in [6, 6.07) is 0. The van der Waals surface area contributed by atoms with E-state index in [0.717, 1.165) is 8.51 Å². The highest BCUT2D eigenvalue weighted by Crippen LogP contribution is 2.01. The van der Waals surface area contributed by atoms with Crippen LogP contribution in [0.4, 0.5) is 0 Å². The van der Waals surface area contributed by atoms with Crippen molar-refractivity contribution in [2.45, 2.75) is 0 Å². The van der Waals surface area contributed by atoms with Crippen LogP contribution in [0.25, 0.3) is 0 Å². The fraction of sp³-hybridized carbons (Fsp3) is 0. The number of hydrogen-bond donors (Lipinski definition) is 3. The molecule has 110 valence electrons. The minimum absolute atomic E-state index is 0. The van der Waals surface area contributed by atoms with Crippen LogP contribution in [0, 0.1) is 0 Å². The number of halogens is 8. The maximum atomic E-state index is 4.08. The fourth-order valence-electron chi connectivity index (χ4n) is 0.218. The maximum absolute atomic E-state index is 4.08. The Balaban J connectivity index is -0.0000000133. The first-order valence-electron chi connectivity index (χ1n) is 1.90. The Morgan fingerprint density at radius 1 is 0.688 bits per heavy atom. The molecule has 4 nitrogen and oxygen atoms in total. The minimum Gasteiger partial charge on any atom is -0.314 e. The van der Waals surface area contributed by atoms with Crippen molar-refractivity contribution in [3.63, 3.8) is 0 Å². The zero-order valence-corrected chi connectivity index (χ0v) is 17.6. The first-order chi connectivity index (χ1) is 4.00. The number of nitrogens with zero attached hydrogens (tertiary/aromatic N) is 1. The van der Waals surface area contributed by atoms with Gasteiger partial charge in [0, 0.05) is 25.5 Å². The number of H-pyrrole nitrogens is 3. The molecule has 0 aliphatic rings. The first-order valence-corrected chi connectivity index (χ1v) is 5.69. The molecule has 0 saturated carbocycles. The number of aromatic nitrogens is 4. The Morgan fingerprint density at radius 2 is 1.19 bits per heavy atom. The van der Waals surface area contributed by atoms with Gasteiger partial charge in [-0.15, -0.1) is 99.3 Å². The average Bonchev–Trinajstić information content (AvgIpc) is 1.62. The molecule has 0 radical (unpaired) electrons. The molecule has 1 rings (SSSR count). The normalized spacial score (nSPS) is 6.00.